The Bertz CT molecular complexity index is 191. The first-order valence-corrected chi connectivity index (χ1v) is 15.1. The van der Waals surface area contributed by atoms with E-state index in [2.05, 4.69) is 43.6 Å². The van der Waals surface area contributed by atoms with E-state index >= 15 is 0 Å². The zero-order chi connectivity index (χ0) is 19.7. The van der Waals surface area contributed by atoms with Gasteiger partial charge in [0.25, 0.3) is 0 Å². The minimum atomic E-state index is 0.422. The molecule has 0 aliphatic rings. The molecule has 0 aliphatic heterocycles. The maximum Gasteiger partial charge on any atom is 0.00313 e. The molecule has 160 valence electrons. The summed E-state index contributed by atoms with van der Waals surface area (Å²) in [5.74, 6) is 0. The lowest BCUT2D eigenvalue weighted by molar-refractivity contribution is 0.563. The average Bonchev–Trinajstić information content (AvgIpc) is 2.66. The molecule has 2 heteroatoms. The van der Waals surface area contributed by atoms with Gasteiger partial charge in [0.15, 0.2) is 0 Å². The van der Waals surface area contributed by atoms with E-state index in [0.29, 0.717) is 7.92 Å². The third-order valence-electron chi connectivity index (χ3n) is 4.97. The molecule has 0 radical (unpaired) electrons. The molecular weight excluding hydrogens is 399 g/mol. The number of alkyl halides is 1. The van der Waals surface area contributed by atoms with Crippen molar-refractivity contribution < 1.29 is 0 Å². The summed E-state index contributed by atoms with van der Waals surface area (Å²) in [7, 11) is 0.422. The van der Waals surface area contributed by atoms with E-state index in [-0.39, 0.29) is 0 Å². The molecule has 0 aromatic heterocycles. The lowest BCUT2D eigenvalue weighted by Crippen LogP contribution is -1.95. The molecule has 0 amide bonds. The van der Waals surface area contributed by atoms with Gasteiger partial charge in [0.05, 0.1) is 0 Å². The van der Waals surface area contributed by atoms with Crippen molar-refractivity contribution in [3.8, 4) is 0 Å². The highest BCUT2D eigenvalue weighted by Crippen LogP contribution is 2.38. The molecule has 0 N–H and O–H groups in total. The van der Waals surface area contributed by atoms with Gasteiger partial charge in [0.2, 0.25) is 0 Å². The second kappa shape index (κ2) is 28.1. The second-order valence-electron chi connectivity index (χ2n) is 7.77. The van der Waals surface area contributed by atoms with E-state index < -0.39 is 0 Å². The predicted octanol–water partition coefficient (Wildman–Crippen LogP) is 10.2. The van der Waals surface area contributed by atoms with Crippen LogP contribution in [0.15, 0.2) is 0 Å². The van der Waals surface area contributed by atoms with Crippen molar-refractivity contribution in [1.82, 2.24) is 0 Å². The van der Waals surface area contributed by atoms with Crippen LogP contribution >= 0.6 is 23.9 Å². The quantitative estimate of drug-likeness (QED) is 0.104. The van der Waals surface area contributed by atoms with Gasteiger partial charge in [-0.3, -0.25) is 0 Å². The molecule has 0 saturated heterocycles. The number of rotatable bonds is 19. The first-order valence-electron chi connectivity index (χ1n) is 12.0. The standard InChI is InChI=1S/C12H25Br.C12H27P/c1-2-3-4-5-6-7-8-9-10-11-12-13;1-4-7-10-13(11-8-5-2)12-9-6-3/h2-12H2,1H3;4-12H2,1-3H3. The summed E-state index contributed by atoms with van der Waals surface area (Å²) in [5, 5.41) is 1.18. The first-order chi connectivity index (χ1) is 12.8. The van der Waals surface area contributed by atoms with Crippen molar-refractivity contribution in [1.29, 1.82) is 0 Å². The average molecular weight is 452 g/mol. The number of hydrogen-bond donors (Lipinski definition) is 0. The highest BCUT2D eigenvalue weighted by Gasteiger charge is 2.05. The lowest BCUT2D eigenvalue weighted by atomic mass is 10.1. The van der Waals surface area contributed by atoms with Gasteiger partial charge in [-0.1, -0.05) is 121 Å². The first kappa shape index (κ1) is 29.1. The third kappa shape index (κ3) is 27.1. The summed E-state index contributed by atoms with van der Waals surface area (Å²) in [4.78, 5) is 0. The highest BCUT2D eigenvalue weighted by atomic mass is 79.9. The van der Waals surface area contributed by atoms with Crippen LogP contribution in [0.4, 0.5) is 0 Å². The van der Waals surface area contributed by atoms with Gasteiger partial charge in [-0.2, -0.15) is 0 Å². The molecule has 0 aliphatic carbocycles. The zero-order valence-corrected chi connectivity index (χ0v) is 21.4. The largest absolute Gasteiger partial charge is 0.107 e. The molecule has 26 heavy (non-hydrogen) atoms. The smallest absolute Gasteiger partial charge is 0.00313 e. The molecule has 0 fully saturated rings. The van der Waals surface area contributed by atoms with Crippen LogP contribution in [0.2, 0.25) is 0 Å². The Kier molecular flexibility index (Phi) is 31.5. The van der Waals surface area contributed by atoms with E-state index in [1.165, 1.54) is 108 Å². The predicted molar refractivity (Wildman–Crippen MR) is 132 cm³/mol. The molecule has 0 heterocycles. The minimum absolute atomic E-state index is 0.422. The van der Waals surface area contributed by atoms with Crippen LogP contribution in [-0.2, 0) is 0 Å². The van der Waals surface area contributed by atoms with Gasteiger partial charge < -0.3 is 0 Å². The Hall–Kier alpha value is 0.910. The highest BCUT2D eigenvalue weighted by molar-refractivity contribution is 9.09. The monoisotopic (exact) mass is 450 g/mol. The normalized spacial score (nSPS) is 10.8. The number of unbranched alkanes of at least 4 members (excludes halogenated alkanes) is 12. The van der Waals surface area contributed by atoms with Crippen molar-refractivity contribution in [2.75, 3.05) is 23.8 Å². The molecule has 0 unspecified atom stereocenters. The van der Waals surface area contributed by atoms with Crippen LogP contribution in [0.1, 0.15) is 130 Å². The van der Waals surface area contributed by atoms with Crippen LogP contribution in [0.25, 0.3) is 0 Å². The number of halogens is 1. The van der Waals surface area contributed by atoms with E-state index in [0.717, 1.165) is 0 Å². The molecule has 0 rings (SSSR count). The molecular formula is C24H52BrP. The lowest BCUT2D eigenvalue weighted by Gasteiger charge is -2.16. The minimum Gasteiger partial charge on any atom is -0.107 e. The van der Waals surface area contributed by atoms with Gasteiger partial charge in [-0.05, 0) is 44.2 Å². The molecule has 0 aromatic rings. The van der Waals surface area contributed by atoms with Crippen LogP contribution < -0.4 is 0 Å². The Morgan fingerprint density at radius 3 is 1.04 bits per heavy atom. The Morgan fingerprint density at radius 1 is 0.423 bits per heavy atom. The van der Waals surface area contributed by atoms with Crippen molar-refractivity contribution in [2.24, 2.45) is 0 Å². The molecule has 0 saturated carbocycles. The maximum atomic E-state index is 3.46. The van der Waals surface area contributed by atoms with Crippen LogP contribution in [0.3, 0.4) is 0 Å². The summed E-state index contributed by atoms with van der Waals surface area (Å²) >= 11 is 3.46. The molecule has 0 aromatic carbocycles. The fraction of sp³-hybridized carbons (Fsp3) is 1.00. The van der Waals surface area contributed by atoms with Gasteiger partial charge in [-0.15, -0.1) is 7.92 Å². The van der Waals surface area contributed by atoms with Crippen LogP contribution in [0, 0.1) is 0 Å². The zero-order valence-electron chi connectivity index (χ0n) is 19.0. The third-order valence-corrected chi connectivity index (χ3v) is 8.38. The SMILES string of the molecule is CCCCCCCCCCCCBr.CCCCP(CCCC)CCCC. The van der Waals surface area contributed by atoms with Crippen molar-refractivity contribution >= 4 is 23.9 Å². The fourth-order valence-corrected chi connectivity index (χ4v) is 6.42. The topological polar surface area (TPSA) is 0 Å². The molecule has 0 bridgehead atoms. The van der Waals surface area contributed by atoms with Crippen LogP contribution in [-0.4, -0.2) is 23.8 Å². The Labute approximate surface area is 178 Å². The van der Waals surface area contributed by atoms with E-state index in [9.17, 15) is 0 Å². The molecule has 0 spiro atoms. The van der Waals surface area contributed by atoms with E-state index in [1.54, 1.807) is 18.5 Å². The van der Waals surface area contributed by atoms with Crippen LogP contribution in [0.5, 0.6) is 0 Å². The summed E-state index contributed by atoms with van der Waals surface area (Å²) in [6.45, 7) is 9.22. The fourth-order valence-electron chi connectivity index (χ4n) is 3.06. The van der Waals surface area contributed by atoms with Crippen molar-refractivity contribution in [2.45, 2.75) is 130 Å². The van der Waals surface area contributed by atoms with Gasteiger partial charge >= 0.3 is 0 Å². The molecule has 0 nitrogen and oxygen atoms in total. The summed E-state index contributed by atoms with van der Waals surface area (Å²) in [6, 6.07) is 0. The van der Waals surface area contributed by atoms with E-state index in [4.69, 9.17) is 0 Å². The second-order valence-corrected chi connectivity index (χ2v) is 11.2. The summed E-state index contributed by atoms with van der Waals surface area (Å²) in [6.07, 6.45) is 27.5. The maximum absolute atomic E-state index is 3.46. The molecule has 0 atom stereocenters. The Morgan fingerprint density at radius 2 is 0.731 bits per heavy atom. The van der Waals surface area contributed by atoms with Gasteiger partial charge in [0, 0.05) is 5.33 Å². The van der Waals surface area contributed by atoms with E-state index in [1.807, 2.05) is 0 Å². The number of hydrogen-bond acceptors (Lipinski definition) is 0. The summed E-state index contributed by atoms with van der Waals surface area (Å²) in [5.41, 5.74) is 0. The summed E-state index contributed by atoms with van der Waals surface area (Å²) < 4.78 is 0. The van der Waals surface area contributed by atoms with Crippen molar-refractivity contribution in [3.63, 3.8) is 0 Å². The van der Waals surface area contributed by atoms with Crippen molar-refractivity contribution in [3.05, 3.63) is 0 Å². The van der Waals surface area contributed by atoms with Gasteiger partial charge in [-0.25, -0.2) is 0 Å². The Balaban J connectivity index is 0. The van der Waals surface area contributed by atoms with Gasteiger partial charge in [0.1, 0.15) is 0 Å².